The standard InChI is InChI=1S/2C22H43N2.C3H6O.2C2H2F4O3S.CH4.ClH.K/c2*1-3-4-5-6-7-8-9-10-11-12-13-14-15-16-17-18-19-24-21-20-23(2)22-24;1-3(2)4;2*3-1(4)2(5,6)10(7,8)9;;;/h2*20-22H,3-19H2,1-2H3;1-2H3;2*1H,(H,7,8,9);1H4;1H;/q2*+1;;;;;;+1/p-3. The van der Waals surface area contributed by atoms with Crippen molar-refractivity contribution in [2.45, 2.75) is 277 Å². The SMILES string of the molecule is C.CC(C)=O.CCCCCCCCCCCCCCCCCCn1cc[n+](C)c1.CCCCCCCCCCCCCCCCCCn1cc[n+](C)c1.O=S(=O)([O-])C(F)(F)C(F)F.O=S(=O)([O-])C(F)(F)C(F)F.[Cl-].[K+]. The fourth-order valence-corrected chi connectivity index (χ4v) is 7.61. The van der Waals surface area contributed by atoms with Gasteiger partial charge in [0, 0.05) is 0 Å². The number of ketones is 1. The number of aryl methyl sites for hydroxylation is 4. The number of halogens is 9. The zero-order valence-corrected chi connectivity index (χ0v) is 51.5. The third kappa shape index (κ3) is 53.7. The van der Waals surface area contributed by atoms with Crippen molar-refractivity contribution in [3.05, 3.63) is 37.4 Å². The summed E-state index contributed by atoms with van der Waals surface area (Å²) in [7, 11) is -8.30. The van der Waals surface area contributed by atoms with Gasteiger partial charge in [-0.1, -0.05) is 201 Å². The monoisotopic (exact) mass is 1180 g/mol. The number of hydrogen-bond donors (Lipinski definition) is 0. The molecule has 0 aliphatic carbocycles. The van der Waals surface area contributed by atoms with Crippen molar-refractivity contribution in [2.24, 2.45) is 14.1 Å². The number of carbonyl (C=O) groups excluding carboxylic acids is 1. The van der Waals surface area contributed by atoms with Crippen LogP contribution in [-0.2, 0) is 52.2 Å². The van der Waals surface area contributed by atoms with Crippen LogP contribution in [0.1, 0.15) is 241 Å². The molecule has 0 saturated carbocycles. The number of hydrogen-bond acceptors (Lipinski definition) is 7. The maximum atomic E-state index is 11.4. The molecular formula is C52H98ClF8KN4O7S2. The Morgan fingerprint density at radius 1 is 0.467 bits per heavy atom. The van der Waals surface area contributed by atoms with Crippen LogP contribution in [0.3, 0.4) is 0 Å². The molecule has 0 fully saturated rings. The quantitative estimate of drug-likeness (QED) is 0.0214. The molecule has 11 nitrogen and oxygen atoms in total. The second-order valence-corrected chi connectivity index (χ2v) is 21.7. The van der Waals surface area contributed by atoms with Gasteiger partial charge in [0.2, 0.25) is 12.7 Å². The third-order valence-electron chi connectivity index (χ3n) is 11.4. The van der Waals surface area contributed by atoms with Crippen LogP contribution >= 0.6 is 0 Å². The van der Waals surface area contributed by atoms with Crippen molar-refractivity contribution in [3.8, 4) is 0 Å². The van der Waals surface area contributed by atoms with E-state index < -0.39 is 43.6 Å². The minimum atomic E-state index is -6.23. The van der Waals surface area contributed by atoms with Gasteiger partial charge in [0.05, 0.1) is 27.2 Å². The molecule has 444 valence electrons. The average Bonchev–Trinajstić information content (AvgIpc) is 3.92. The molecule has 0 saturated heterocycles. The number of nitrogens with zero attached hydrogens (tertiary/aromatic N) is 4. The van der Waals surface area contributed by atoms with Crippen LogP contribution in [0.2, 0.25) is 0 Å². The summed E-state index contributed by atoms with van der Waals surface area (Å²) in [5, 5.41) is -11.0. The summed E-state index contributed by atoms with van der Waals surface area (Å²) in [4.78, 5) is 9.44. The topological polar surface area (TPSA) is 149 Å². The first-order valence-corrected chi connectivity index (χ1v) is 29.3. The van der Waals surface area contributed by atoms with E-state index in [0.717, 1.165) is 0 Å². The molecule has 0 atom stereocenters. The molecule has 0 spiro atoms. The van der Waals surface area contributed by atoms with Crippen LogP contribution < -0.4 is 72.9 Å². The predicted molar refractivity (Wildman–Crippen MR) is 275 cm³/mol. The Labute approximate surface area is 498 Å². The van der Waals surface area contributed by atoms with Gasteiger partial charge in [-0.2, -0.15) is 17.6 Å². The second-order valence-electron chi connectivity index (χ2n) is 18.8. The van der Waals surface area contributed by atoms with Crippen LogP contribution in [0.25, 0.3) is 0 Å². The molecule has 0 N–H and O–H groups in total. The molecular weight excluding hydrogens is 1080 g/mol. The van der Waals surface area contributed by atoms with Crippen LogP contribution in [0.15, 0.2) is 37.4 Å². The van der Waals surface area contributed by atoms with Gasteiger partial charge in [-0.05, 0) is 39.5 Å². The molecule has 2 aromatic heterocycles. The van der Waals surface area contributed by atoms with E-state index in [0.29, 0.717) is 0 Å². The van der Waals surface area contributed by atoms with Gasteiger partial charge in [-0.25, -0.2) is 52.7 Å². The minimum absolute atomic E-state index is 0. The predicted octanol–water partition coefficient (Wildman–Crippen LogP) is 9.17. The summed E-state index contributed by atoms with van der Waals surface area (Å²) in [5.74, 6) is 0.167. The smallest absolute Gasteiger partial charge is 1.00 e. The first-order chi connectivity index (χ1) is 33.8. The molecule has 0 aromatic carbocycles. The molecule has 2 rings (SSSR count). The van der Waals surface area contributed by atoms with E-state index in [1.807, 2.05) is 0 Å². The number of alkyl halides is 8. The van der Waals surface area contributed by atoms with E-state index >= 15 is 0 Å². The fourth-order valence-electron chi connectivity index (χ4n) is 7.17. The summed E-state index contributed by atoms with van der Waals surface area (Å²) in [6.45, 7) is 10.0. The number of aromatic nitrogens is 4. The normalized spacial score (nSPS) is 11.3. The van der Waals surface area contributed by atoms with Crippen LogP contribution in [0.4, 0.5) is 35.1 Å². The zero-order chi connectivity index (χ0) is 55.3. The minimum Gasteiger partial charge on any atom is -1.00 e. The van der Waals surface area contributed by atoms with E-state index in [4.69, 9.17) is 0 Å². The molecule has 75 heavy (non-hydrogen) atoms. The van der Waals surface area contributed by atoms with Gasteiger partial charge in [0.15, 0.2) is 20.2 Å². The van der Waals surface area contributed by atoms with Gasteiger partial charge in [0.1, 0.15) is 30.6 Å². The average molecular weight is 1180 g/mol. The van der Waals surface area contributed by atoms with E-state index in [2.05, 4.69) is 83.7 Å². The Hall–Kier alpha value is -0.724. The Bertz CT molecular complexity index is 1660. The molecule has 0 aliphatic rings. The number of carbonyl (C=O) groups is 1. The van der Waals surface area contributed by atoms with Crippen molar-refractivity contribution >= 4 is 26.0 Å². The number of Topliss-reactive ketones (excluding diaryl/α,β-unsaturated/α-hetero) is 1. The van der Waals surface area contributed by atoms with Gasteiger partial charge in [-0.15, -0.1) is 0 Å². The zero-order valence-electron chi connectivity index (χ0n) is 46.0. The summed E-state index contributed by atoms with van der Waals surface area (Å²) in [5.41, 5.74) is 0. The van der Waals surface area contributed by atoms with Gasteiger partial charge in [-0.3, -0.25) is 0 Å². The molecule has 0 aliphatic heterocycles. The van der Waals surface area contributed by atoms with Crippen LogP contribution in [-0.4, -0.2) is 64.2 Å². The molecule has 2 heterocycles. The summed E-state index contributed by atoms with van der Waals surface area (Å²) in [6, 6.07) is 0. The maximum Gasteiger partial charge on any atom is 1.00 e. The van der Waals surface area contributed by atoms with Gasteiger partial charge in [0.25, 0.3) is 0 Å². The van der Waals surface area contributed by atoms with Gasteiger partial charge < -0.3 is 26.3 Å². The van der Waals surface area contributed by atoms with Crippen molar-refractivity contribution in [1.29, 1.82) is 0 Å². The van der Waals surface area contributed by atoms with E-state index in [1.54, 1.807) is 0 Å². The summed E-state index contributed by atoms with van der Waals surface area (Å²) >= 11 is 0. The Kier molecular flexibility index (Phi) is 61.5. The van der Waals surface area contributed by atoms with Crippen molar-refractivity contribution < 1.29 is 139 Å². The molecule has 23 heteroatoms. The molecule has 0 unspecified atom stereocenters. The van der Waals surface area contributed by atoms with E-state index in [1.165, 1.54) is 232 Å². The second kappa shape index (κ2) is 53.9. The molecule has 0 bridgehead atoms. The first-order valence-electron chi connectivity index (χ1n) is 26.5. The summed E-state index contributed by atoms with van der Waals surface area (Å²) in [6.07, 6.45) is 50.1. The molecule has 0 radical (unpaired) electrons. The Balaban J connectivity index is -0.000000217. The summed E-state index contributed by atoms with van der Waals surface area (Å²) < 4.78 is 154. The van der Waals surface area contributed by atoms with E-state index in [9.17, 15) is 65.9 Å². The van der Waals surface area contributed by atoms with Crippen molar-refractivity contribution in [2.75, 3.05) is 0 Å². The number of rotatable bonds is 38. The van der Waals surface area contributed by atoms with Crippen molar-refractivity contribution in [1.82, 2.24) is 9.13 Å². The maximum absolute atomic E-state index is 11.4. The Morgan fingerprint density at radius 3 is 0.760 bits per heavy atom. The van der Waals surface area contributed by atoms with E-state index in [-0.39, 0.29) is 77.0 Å². The number of unbranched alkanes of at least 4 members (excludes halogenated alkanes) is 30. The first kappa shape index (κ1) is 85.6. The molecule has 2 aromatic rings. The van der Waals surface area contributed by atoms with Crippen LogP contribution in [0.5, 0.6) is 0 Å². The van der Waals surface area contributed by atoms with Crippen LogP contribution in [0, 0.1) is 0 Å². The van der Waals surface area contributed by atoms with Crippen molar-refractivity contribution in [3.63, 3.8) is 0 Å². The third-order valence-corrected chi connectivity index (χ3v) is 13.1. The Morgan fingerprint density at radius 2 is 0.640 bits per heavy atom. The largest absolute Gasteiger partial charge is 1.00 e. The number of imidazole rings is 2. The fraction of sp³-hybridized carbons (Fsp3) is 0.865. The van der Waals surface area contributed by atoms with Gasteiger partial charge >= 0.3 is 74.7 Å². The molecule has 0 amide bonds.